The highest BCUT2D eigenvalue weighted by Crippen LogP contribution is 2.35. The second-order valence-electron chi connectivity index (χ2n) is 7.08. The molecule has 2 heterocycles. The first kappa shape index (κ1) is 15.4. The predicted molar refractivity (Wildman–Crippen MR) is 91.5 cm³/mol. The minimum atomic E-state index is -0.215. The monoisotopic (exact) mass is 324 g/mol. The predicted octanol–water partition coefficient (Wildman–Crippen LogP) is 3.08. The zero-order chi connectivity index (χ0) is 16.5. The first-order valence-corrected chi connectivity index (χ1v) is 8.96. The third-order valence-corrected chi connectivity index (χ3v) is 5.39. The highest BCUT2D eigenvalue weighted by atomic mass is 16.2. The van der Waals surface area contributed by atoms with Crippen LogP contribution in [0.4, 0.5) is 0 Å². The van der Waals surface area contributed by atoms with E-state index >= 15 is 0 Å². The first-order valence-electron chi connectivity index (χ1n) is 8.96. The smallest absolute Gasteiger partial charge is 0.246 e. The van der Waals surface area contributed by atoms with Crippen LogP contribution in [0.5, 0.6) is 0 Å². The molecule has 5 nitrogen and oxygen atoms in total. The quantitative estimate of drug-likeness (QED) is 0.872. The molecule has 0 unspecified atom stereocenters. The fraction of sp³-hybridized carbons (Fsp3) is 0.526. The van der Waals surface area contributed by atoms with E-state index < -0.39 is 0 Å². The number of carbonyl (C=O) groups excluding carboxylic acids is 1. The Morgan fingerprint density at radius 1 is 1.08 bits per heavy atom. The minimum absolute atomic E-state index is 0.170. The van der Waals surface area contributed by atoms with Crippen molar-refractivity contribution in [2.24, 2.45) is 0 Å². The molecule has 4 rings (SSSR count). The van der Waals surface area contributed by atoms with Crippen LogP contribution >= 0.6 is 0 Å². The van der Waals surface area contributed by atoms with Crippen LogP contribution < -0.4 is 0 Å². The number of benzene rings is 1. The van der Waals surface area contributed by atoms with E-state index in [1.165, 1.54) is 37.7 Å². The summed E-state index contributed by atoms with van der Waals surface area (Å²) in [6.07, 6.45) is 6.86. The molecule has 5 heteroatoms. The molecule has 2 aliphatic rings. The Kier molecular flexibility index (Phi) is 4.08. The number of nitrogens with zero attached hydrogens (tertiary/aromatic N) is 4. The van der Waals surface area contributed by atoms with Gasteiger partial charge in [-0.3, -0.25) is 4.79 Å². The summed E-state index contributed by atoms with van der Waals surface area (Å²) in [6.45, 7) is 0.559. The maximum absolute atomic E-state index is 12.9. The number of amides is 1. The molecule has 1 aliphatic heterocycles. The van der Waals surface area contributed by atoms with Crippen molar-refractivity contribution >= 4 is 5.91 Å². The second kappa shape index (κ2) is 6.38. The first-order chi connectivity index (χ1) is 11.7. The average molecular weight is 324 g/mol. The van der Waals surface area contributed by atoms with Crippen LogP contribution in [0.3, 0.4) is 0 Å². The van der Waals surface area contributed by atoms with Crippen molar-refractivity contribution in [1.29, 1.82) is 0 Å². The Labute approximate surface area is 142 Å². The van der Waals surface area contributed by atoms with Crippen molar-refractivity contribution in [2.75, 3.05) is 7.05 Å². The third kappa shape index (κ3) is 2.72. The SMILES string of the molecule is CN1Cc2nnc(C3CCCCC3)n2[C@@H](Cc2ccccc2)C1=O. The molecule has 24 heavy (non-hydrogen) atoms. The van der Waals surface area contributed by atoms with Crippen molar-refractivity contribution in [2.45, 2.75) is 57.0 Å². The summed E-state index contributed by atoms with van der Waals surface area (Å²) in [4.78, 5) is 14.7. The fourth-order valence-electron chi connectivity index (χ4n) is 4.09. The Morgan fingerprint density at radius 3 is 2.58 bits per heavy atom. The van der Waals surface area contributed by atoms with E-state index in [2.05, 4.69) is 26.9 Å². The van der Waals surface area contributed by atoms with E-state index in [9.17, 15) is 4.79 Å². The zero-order valence-corrected chi connectivity index (χ0v) is 14.2. The van der Waals surface area contributed by atoms with Gasteiger partial charge >= 0.3 is 0 Å². The molecule has 1 amide bonds. The lowest BCUT2D eigenvalue weighted by molar-refractivity contribution is -0.136. The number of aromatic nitrogens is 3. The summed E-state index contributed by atoms with van der Waals surface area (Å²) in [7, 11) is 1.86. The van der Waals surface area contributed by atoms with Gasteiger partial charge in [0.1, 0.15) is 11.9 Å². The number of fused-ring (bicyclic) bond motifs is 1. The largest absolute Gasteiger partial charge is 0.336 e. The Bertz CT molecular complexity index is 718. The van der Waals surface area contributed by atoms with Crippen molar-refractivity contribution in [3.63, 3.8) is 0 Å². The van der Waals surface area contributed by atoms with Crippen LogP contribution in [0, 0.1) is 0 Å². The van der Waals surface area contributed by atoms with E-state index in [1.807, 2.05) is 25.2 Å². The molecule has 0 bridgehead atoms. The van der Waals surface area contributed by atoms with Gasteiger partial charge in [-0.2, -0.15) is 0 Å². The summed E-state index contributed by atoms with van der Waals surface area (Å²) in [5, 5.41) is 8.94. The molecule has 1 fully saturated rings. The van der Waals surface area contributed by atoms with Crippen LogP contribution in [0.1, 0.15) is 61.3 Å². The maximum atomic E-state index is 12.9. The van der Waals surface area contributed by atoms with Crippen LogP contribution in [-0.2, 0) is 17.8 Å². The van der Waals surface area contributed by atoms with E-state index in [4.69, 9.17) is 0 Å². The summed E-state index contributed by atoms with van der Waals surface area (Å²) >= 11 is 0. The van der Waals surface area contributed by atoms with Gasteiger partial charge in [0.2, 0.25) is 5.91 Å². The Balaban J connectivity index is 1.71. The average Bonchev–Trinajstić information content (AvgIpc) is 3.04. The van der Waals surface area contributed by atoms with E-state index in [0.717, 1.165) is 11.6 Å². The molecule has 1 saturated carbocycles. The van der Waals surface area contributed by atoms with Crippen molar-refractivity contribution in [3.8, 4) is 0 Å². The van der Waals surface area contributed by atoms with Gasteiger partial charge in [-0.05, 0) is 18.4 Å². The molecular formula is C19H24N4O. The van der Waals surface area contributed by atoms with Crippen LogP contribution in [-0.4, -0.2) is 32.6 Å². The van der Waals surface area contributed by atoms with E-state index in [1.54, 1.807) is 4.90 Å². The standard InChI is InChI=1S/C19H24N4O/c1-22-13-17-20-21-18(15-10-6-3-7-11-15)23(17)16(19(22)24)12-14-8-4-2-5-9-14/h2,4-5,8-9,15-16H,3,6-7,10-13H2,1H3/t16-/m0/s1. The lowest BCUT2D eigenvalue weighted by atomic mass is 9.88. The minimum Gasteiger partial charge on any atom is -0.336 e. The van der Waals surface area contributed by atoms with Gasteiger partial charge in [0, 0.05) is 19.4 Å². The lowest BCUT2D eigenvalue weighted by Gasteiger charge is -2.33. The molecule has 2 aromatic rings. The fourth-order valence-corrected chi connectivity index (χ4v) is 4.09. The van der Waals surface area contributed by atoms with Crippen LogP contribution in [0.15, 0.2) is 30.3 Å². The van der Waals surface area contributed by atoms with Crippen molar-refractivity contribution in [3.05, 3.63) is 47.5 Å². The molecule has 1 aliphatic carbocycles. The number of hydrogen-bond donors (Lipinski definition) is 0. The molecule has 0 N–H and O–H groups in total. The van der Waals surface area contributed by atoms with Gasteiger partial charge in [-0.25, -0.2) is 0 Å². The Morgan fingerprint density at radius 2 is 1.83 bits per heavy atom. The number of hydrogen-bond acceptors (Lipinski definition) is 3. The molecule has 1 aromatic heterocycles. The highest BCUT2D eigenvalue weighted by Gasteiger charge is 2.36. The number of carbonyl (C=O) groups is 1. The van der Waals surface area contributed by atoms with Gasteiger partial charge < -0.3 is 9.47 Å². The van der Waals surface area contributed by atoms with Gasteiger partial charge in [-0.1, -0.05) is 49.6 Å². The van der Waals surface area contributed by atoms with Crippen LogP contribution in [0.25, 0.3) is 0 Å². The zero-order valence-electron chi connectivity index (χ0n) is 14.2. The second-order valence-corrected chi connectivity index (χ2v) is 7.08. The number of rotatable bonds is 3. The molecule has 126 valence electrons. The molecule has 0 saturated heterocycles. The summed E-state index contributed by atoms with van der Waals surface area (Å²) in [5.74, 6) is 2.59. The van der Waals surface area contributed by atoms with Crippen molar-refractivity contribution < 1.29 is 4.79 Å². The molecular weight excluding hydrogens is 300 g/mol. The summed E-state index contributed by atoms with van der Waals surface area (Å²) in [6, 6.07) is 10.0. The van der Waals surface area contributed by atoms with Gasteiger partial charge in [0.05, 0.1) is 6.54 Å². The molecule has 1 aromatic carbocycles. The van der Waals surface area contributed by atoms with E-state index in [0.29, 0.717) is 18.9 Å². The number of likely N-dealkylation sites (N-methyl/N-ethyl adjacent to an activating group) is 1. The normalized spacial score (nSPS) is 21.8. The summed E-state index contributed by atoms with van der Waals surface area (Å²) in [5.41, 5.74) is 1.18. The Hall–Kier alpha value is -2.17. The van der Waals surface area contributed by atoms with Crippen LogP contribution in [0.2, 0.25) is 0 Å². The van der Waals surface area contributed by atoms with E-state index in [-0.39, 0.29) is 11.9 Å². The molecule has 0 radical (unpaired) electrons. The molecule has 1 atom stereocenters. The maximum Gasteiger partial charge on any atom is 0.246 e. The lowest BCUT2D eigenvalue weighted by Crippen LogP contribution is -2.42. The molecule has 0 spiro atoms. The summed E-state index contributed by atoms with van der Waals surface area (Å²) < 4.78 is 2.16. The van der Waals surface area contributed by atoms with Gasteiger partial charge in [0.15, 0.2) is 5.82 Å². The van der Waals surface area contributed by atoms with Gasteiger partial charge in [0.25, 0.3) is 0 Å². The third-order valence-electron chi connectivity index (χ3n) is 5.39. The van der Waals surface area contributed by atoms with Gasteiger partial charge in [-0.15, -0.1) is 10.2 Å². The highest BCUT2D eigenvalue weighted by molar-refractivity contribution is 5.81. The van der Waals surface area contributed by atoms with Crippen molar-refractivity contribution in [1.82, 2.24) is 19.7 Å². The topological polar surface area (TPSA) is 51.0 Å².